The van der Waals surface area contributed by atoms with E-state index in [0.29, 0.717) is 23.9 Å². The molecule has 0 saturated heterocycles. The molecule has 7 nitrogen and oxygen atoms in total. The van der Waals surface area contributed by atoms with Crippen LogP contribution in [0.2, 0.25) is 0 Å². The number of anilines is 1. The van der Waals surface area contributed by atoms with E-state index in [-0.39, 0.29) is 12.2 Å². The first-order valence-electron chi connectivity index (χ1n) is 6.30. The highest BCUT2D eigenvalue weighted by Crippen LogP contribution is 2.36. The van der Waals surface area contributed by atoms with E-state index in [1.807, 2.05) is 0 Å². The van der Waals surface area contributed by atoms with Crippen molar-refractivity contribution in [3.63, 3.8) is 0 Å². The van der Waals surface area contributed by atoms with Gasteiger partial charge in [-0.2, -0.15) is 0 Å². The van der Waals surface area contributed by atoms with Gasteiger partial charge >= 0.3 is 5.97 Å². The minimum atomic E-state index is -1.01. The standard InChI is InChI=1S/C13H16N2O5/c1-20-10-4-5-11(15(18)19)12(6-10)14(8-13(16)17)7-9-2-3-9/h4-6,9H,2-3,7-8H2,1H3,(H,16,17). The number of nitro groups is 1. The summed E-state index contributed by atoms with van der Waals surface area (Å²) in [5.41, 5.74) is 0.191. The second-order valence-electron chi connectivity index (χ2n) is 4.83. The van der Waals surface area contributed by atoms with Gasteiger partial charge in [0, 0.05) is 18.7 Å². The van der Waals surface area contributed by atoms with Gasteiger partial charge in [-0.1, -0.05) is 0 Å². The molecule has 0 spiro atoms. The zero-order valence-corrected chi connectivity index (χ0v) is 11.1. The fourth-order valence-electron chi connectivity index (χ4n) is 2.06. The first-order chi connectivity index (χ1) is 9.51. The molecule has 1 saturated carbocycles. The van der Waals surface area contributed by atoms with E-state index < -0.39 is 10.9 Å². The van der Waals surface area contributed by atoms with Crippen molar-refractivity contribution in [3.05, 3.63) is 28.3 Å². The minimum Gasteiger partial charge on any atom is -0.497 e. The van der Waals surface area contributed by atoms with Crippen molar-refractivity contribution < 1.29 is 19.6 Å². The third-order valence-corrected chi connectivity index (χ3v) is 3.22. The molecule has 1 aromatic rings. The van der Waals surface area contributed by atoms with Gasteiger partial charge < -0.3 is 14.7 Å². The highest BCUT2D eigenvalue weighted by Gasteiger charge is 2.29. The van der Waals surface area contributed by atoms with E-state index in [1.165, 1.54) is 25.3 Å². The molecule has 0 amide bonds. The summed E-state index contributed by atoms with van der Waals surface area (Å²) >= 11 is 0. The monoisotopic (exact) mass is 280 g/mol. The van der Waals surface area contributed by atoms with Gasteiger partial charge in [0.15, 0.2) is 0 Å². The molecule has 20 heavy (non-hydrogen) atoms. The van der Waals surface area contributed by atoms with Crippen LogP contribution < -0.4 is 9.64 Å². The van der Waals surface area contributed by atoms with E-state index in [9.17, 15) is 14.9 Å². The lowest BCUT2D eigenvalue weighted by Gasteiger charge is -2.22. The molecule has 0 bridgehead atoms. The number of carboxylic acids is 1. The lowest BCUT2D eigenvalue weighted by molar-refractivity contribution is -0.384. The molecule has 1 aliphatic carbocycles. The Labute approximate surface area is 115 Å². The van der Waals surface area contributed by atoms with Crippen molar-refractivity contribution in [1.29, 1.82) is 0 Å². The Morgan fingerprint density at radius 3 is 2.75 bits per heavy atom. The van der Waals surface area contributed by atoms with Crippen molar-refractivity contribution in [1.82, 2.24) is 0 Å². The normalized spacial score (nSPS) is 13.8. The topological polar surface area (TPSA) is 92.9 Å². The molecule has 1 N–H and O–H groups in total. The SMILES string of the molecule is COc1ccc([N+](=O)[O-])c(N(CC(=O)O)CC2CC2)c1. The Balaban J connectivity index is 2.36. The van der Waals surface area contributed by atoms with Gasteiger partial charge in [-0.15, -0.1) is 0 Å². The first kappa shape index (κ1) is 14.1. The molecule has 7 heteroatoms. The summed E-state index contributed by atoms with van der Waals surface area (Å²) in [6, 6.07) is 4.36. The number of carboxylic acid groups (broad SMARTS) is 1. The van der Waals surface area contributed by atoms with Crippen LogP contribution in [-0.2, 0) is 4.79 Å². The second kappa shape index (κ2) is 5.77. The van der Waals surface area contributed by atoms with Gasteiger partial charge in [-0.25, -0.2) is 0 Å². The summed E-state index contributed by atoms with van der Waals surface area (Å²) in [6.07, 6.45) is 2.07. The van der Waals surface area contributed by atoms with Crippen LogP contribution in [0.15, 0.2) is 18.2 Å². The van der Waals surface area contributed by atoms with Crippen molar-refractivity contribution in [2.45, 2.75) is 12.8 Å². The zero-order valence-electron chi connectivity index (χ0n) is 11.1. The average molecular weight is 280 g/mol. The molecule has 1 fully saturated rings. The molecule has 0 unspecified atom stereocenters. The number of methoxy groups -OCH3 is 1. The van der Waals surface area contributed by atoms with Gasteiger partial charge in [0.05, 0.1) is 12.0 Å². The van der Waals surface area contributed by atoms with Crippen LogP contribution in [-0.4, -0.2) is 36.2 Å². The molecule has 0 aromatic heterocycles. The quantitative estimate of drug-likeness (QED) is 0.605. The first-order valence-corrected chi connectivity index (χ1v) is 6.30. The molecule has 0 atom stereocenters. The maximum Gasteiger partial charge on any atom is 0.323 e. The van der Waals surface area contributed by atoms with Crippen LogP contribution in [0.1, 0.15) is 12.8 Å². The van der Waals surface area contributed by atoms with Crippen LogP contribution in [0.4, 0.5) is 11.4 Å². The third kappa shape index (κ3) is 3.37. The molecular formula is C13H16N2O5. The smallest absolute Gasteiger partial charge is 0.323 e. The zero-order chi connectivity index (χ0) is 14.7. The molecular weight excluding hydrogens is 264 g/mol. The number of benzene rings is 1. The number of nitrogens with zero attached hydrogens (tertiary/aromatic N) is 2. The predicted octanol–water partition coefficient (Wildman–Crippen LogP) is 1.90. The maximum absolute atomic E-state index is 11.1. The van der Waals surface area contributed by atoms with Crippen LogP contribution in [0.3, 0.4) is 0 Å². The number of rotatable bonds is 7. The number of carbonyl (C=O) groups is 1. The molecule has 108 valence electrons. The number of aliphatic carboxylic acids is 1. The largest absolute Gasteiger partial charge is 0.497 e. The Morgan fingerprint density at radius 2 is 2.25 bits per heavy atom. The Morgan fingerprint density at radius 1 is 1.55 bits per heavy atom. The summed E-state index contributed by atoms with van der Waals surface area (Å²) in [7, 11) is 1.47. The van der Waals surface area contributed by atoms with Gasteiger partial charge in [0.2, 0.25) is 0 Å². The van der Waals surface area contributed by atoms with Crippen LogP contribution in [0, 0.1) is 16.0 Å². The van der Waals surface area contributed by atoms with E-state index in [1.54, 1.807) is 4.90 Å². The van der Waals surface area contributed by atoms with Gasteiger partial charge in [-0.05, 0) is 24.8 Å². The lowest BCUT2D eigenvalue weighted by Crippen LogP contribution is -2.32. The predicted molar refractivity (Wildman–Crippen MR) is 72.2 cm³/mol. The highest BCUT2D eigenvalue weighted by molar-refractivity contribution is 5.76. The van der Waals surface area contributed by atoms with Crippen molar-refractivity contribution in [2.75, 3.05) is 25.1 Å². The summed E-state index contributed by atoms with van der Waals surface area (Å²) < 4.78 is 5.07. The van der Waals surface area contributed by atoms with Gasteiger partial charge in [-0.3, -0.25) is 14.9 Å². The third-order valence-electron chi connectivity index (χ3n) is 3.22. The number of ether oxygens (including phenoxy) is 1. The average Bonchev–Trinajstić information content (AvgIpc) is 3.20. The van der Waals surface area contributed by atoms with Crippen LogP contribution >= 0.6 is 0 Å². The Kier molecular flexibility index (Phi) is 4.07. The number of hydrogen-bond donors (Lipinski definition) is 1. The van der Waals surface area contributed by atoms with Crippen LogP contribution in [0.5, 0.6) is 5.75 Å². The van der Waals surface area contributed by atoms with Gasteiger partial charge in [0.1, 0.15) is 18.0 Å². The molecule has 1 aromatic carbocycles. The fraction of sp³-hybridized carbons (Fsp3) is 0.462. The molecule has 2 rings (SSSR count). The molecule has 0 heterocycles. The van der Waals surface area contributed by atoms with Crippen molar-refractivity contribution in [2.24, 2.45) is 5.92 Å². The summed E-state index contributed by atoms with van der Waals surface area (Å²) in [5, 5.41) is 20.1. The number of hydrogen-bond acceptors (Lipinski definition) is 5. The Bertz CT molecular complexity index is 527. The summed E-state index contributed by atoms with van der Waals surface area (Å²) in [6.45, 7) is 0.255. The van der Waals surface area contributed by atoms with Gasteiger partial charge in [0.25, 0.3) is 5.69 Å². The Hall–Kier alpha value is -2.31. The summed E-state index contributed by atoms with van der Waals surface area (Å²) in [4.78, 5) is 23.1. The summed E-state index contributed by atoms with van der Waals surface area (Å²) in [5.74, 6) is -0.125. The second-order valence-corrected chi connectivity index (χ2v) is 4.83. The van der Waals surface area contributed by atoms with E-state index in [2.05, 4.69) is 0 Å². The minimum absolute atomic E-state index is 0.104. The molecule has 0 radical (unpaired) electrons. The molecule has 0 aliphatic heterocycles. The van der Waals surface area contributed by atoms with E-state index in [4.69, 9.17) is 9.84 Å². The fourth-order valence-corrected chi connectivity index (χ4v) is 2.06. The number of nitro benzene ring substituents is 1. The van der Waals surface area contributed by atoms with Crippen LogP contribution in [0.25, 0.3) is 0 Å². The lowest BCUT2D eigenvalue weighted by atomic mass is 10.2. The maximum atomic E-state index is 11.1. The van der Waals surface area contributed by atoms with Crippen molar-refractivity contribution >= 4 is 17.3 Å². The van der Waals surface area contributed by atoms with E-state index in [0.717, 1.165) is 12.8 Å². The van der Waals surface area contributed by atoms with Crippen molar-refractivity contribution in [3.8, 4) is 5.75 Å². The molecule has 1 aliphatic rings. The van der Waals surface area contributed by atoms with E-state index >= 15 is 0 Å². The highest BCUT2D eigenvalue weighted by atomic mass is 16.6.